The summed E-state index contributed by atoms with van der Waals surface area (Å²) in [7, 11) is 1.53. The van der Waals surface area contributed by atoms with E-state index in [1.54, 1.807) is 24.3 Å². The van der Waals surface area contributed by atoms with Crippen molar-refractivity contribution in [3.8, 4) is 35.1 Å². The smallest absolute Gasteiger partial charge is 0.497 e. The van der Waals surface area contributed by atoms with Gasteiger partial charge in [0.05, 0.1) is 37.5 Å². The predicted molar refractivity (Wildman–Crippen MR) is 162 cm³/mol. The number of thioether (sulfide) groups is 4. The summed E-state index contributed by atoms with van der Waals surface area (Å²) in [6.45, 7) is 19.6. The van der Waals surface area contributed by atoms with Crippen LogP contribution in [0.5, 0.6) is 23.0 Å². The number of carbonyl (C=O) groups excluding carboxylic acids is 1. The summed E-state index contributed by atoms with van der Waals surface area (Å²) in [4.78, 5) is 22.0. The van der Waals surface area contributed by atoms with Crippen LogP contribution in [0.3, 0.4) is 0 Å². The van der Waals surface area contributed by atoms with E-state index < -0.39 is 6.16 Å². The Hall–Kier alpha value is -3.85. The summed E-state index contributed by atoms with van der Waals surface area (Å²) in [5.41, 5.74) is -0.0688. The van der Waals surface area contributed by atoms with E-state index in [9.17, 15) is 15.3 Å². The van der Waals surface area contributed by atoms with Gasteiger partial charge >= 0.3 is 12.0 Å². The first-order chi connectivity index (χ1) is 20.4. The number of fused-ring (bicyclic) bond motifs is 2. The molecule has 0 saturated carbocycles. The third-order valence-electron chi connectivity index (χ3n) is 6.02. The largest absolute Gasteiger partial charge is 0.540 e. The summed E-state index contributed by atoms with van der Waals surface area (Å²) >= 11 is 4.68. The van der Waals surface area contributed by atoms with E-state index in [0.29, 0.717) is 52.1 Å². The lowest BCUT2D eigenvalue weighted by Crippen LogP contribution is -2.15. The highest BCUT2D eigenvalue weighted by Gasteiger charge is 2.40. The lowest BCUT2D eigenvalue weighted by atomic mass is 10.0. The van der Waals surface area contributed by atoms with Crippen LogP contribution in [0.1, 0.15) is 33.1 Å². The molecule has 1 unspecified atom stereocenters. The number of carbonyl (C=O) groups is 1. The lowest BCUT2D eigenvalue weighted by Gasteiger charge is -2.20. The maximum Gasteiger partial charge on any atom is 0.540 e. The number of allylic oxidation sites excluding steroid dienone is 1. The van der Waals surface area contributed by atoms with Gasteiger partial charge in [0.1, 0.15) is 52.3 Å². The monoisotopic (exact) mass is 634 g/mol. The first kappa shape index (κ1) is 31.1. The van der Waals surface area contributed by atoms with Crippen molar-refractivity contribution in [3.05, 3.63) is 67.0 Å². The van der Waals surface area contributed by atoms with Crippen molar-refractivity contribution >= 4 is 53.2 Å². The molecular formula is C29H22N4O5S4. The third kappa shape index (κ3) is 6.62. The quantitative estimate of drug-likeness (QED) is 0.114. The highest BCUT2D eigenvalue weighted by Crippen LogP contribution is 2.68. The Labute approximate surface area is 260 Å². The Morgan fingerprint density at radius 3 is 1.93 bits per heavy atom. The molecule has 2 aromatic carbocycles. The Morgan fingerprint density at radius 2 is 1.43 bits per heavy atom. The molecule has 0 amide bonds. The van der Waals surface area contributed by atoms with Gasteiger partial charge in [-0.1, -0.05) is 73.7 Å². The van der Waals surface area contributed by atoms with Crippen LogP contribution in [0.2, 0.25) is 0 Å². The fourth-order valence-electron chi connectivity index (χ4n) is 3.91. The standard InChI is InChI=1S/C29H22N4O5S4/c1-6-8-16(7-2)15-36-20-22-24(40-27(39-22)17(13-30)14-31)21(25-23(20)41-28(42-25)26(32-3)33-4)38-29(34)37-19-11-9-18(35-5)10-12-19/h9-12,16H,6-8,15H2,1-2,5H3. The molecule has 2 aliphatic heterocycles. The second-order valence-electron chi connectivity index (χ2n) is 8.61. The van der Waals surface area contributed by atoms with Crippen molar-refractivity contribution in [2.45, 2.75) is 52.7 Å². The number of methoxy groups -OCH3 is 1. The number of benzene rings is 2. The molecule has 2 heterocycles. The Kier molecular flexibility index (Phi) is 10.6. The Morgan fingerprint density at radius 1 is 0.881 bits per heavy atom. The number of hydrogen-bond donors (Lipinski definition) is 0. The van der Waals surface area contributed by atoms with Crippen LogP contribution < -0.4 is 18.9 Å². The topological polar surface area (TPSA) is 110 Å². The first-order valence-electron chi connectivity index (χ1n) is 12.6. The highest BCUT2D eigenvalue weighted by molar-refractivity contribution is 8.26. The summed E-state index contributed by atoms with van der Waals surface area (Å²) in [6, 6.07) is 10.3. The molecule has 0 N–H and O–H groups in total. The third-order valence-corrected chi connectivity index (χ3v) is 11.2. The van der Waals surface area contributed by atoms with Gasteiger partial charge in [0.15, 0.2) is 5.75 Å². The molecule has 0 fully saturated rings. The molecular weight excluding hydrogens is 613 g/mol. The fraction of sp³-hybridized carbons (Fsp3) is 0.276. The van der Waals surface area contributed by atoms with Gasteiger partial charge in [-0.15, -0.1) is 0 Å². The van der Waals surface area contributed by atoms with Crippen molar-refractivity contribution < 1.29 is 23.7 Å². The normalized spacial score (nSPS) is 13.4. The minimum absolute atomic E-state index is 0.0688. The van der Waals surface area contributed by atoms with Crippen molar-refractivity contribution in [1.82, 2.24) is 0 Å². The van der Waals surface area contributed by atoms with Crippen molar-refractivity contribution in [1.29, 1.82) is 10.5 Å². The van der Waals surface area contributed by atoms with Crippen LogP contribution >= 0.6 is 47.0 Å². The molecule has 2 aromatic rings. The highest BCUT2D eigenvalue weighted by atomic mass is 32.2. The van der Waals surface area contributed by atoms with Crippen LogP contribution in [0.25, 0.3) is 9.69 Å². The van der Waals surface area contributed by atoms with Crippen molar-refractivity contribution in [2.75, 3.05) is 13.7 Å². The van der Waals surface area contributed by atoms with E-state index in [2.05, 4.69) is 23.5 Å². The summed E-state index contributed by atoms with van der Waals surface area (Å²) < 4.78 is 23.7. The van der Waals surface area contributed by atoms with Gasteiger partial charge in [-0.25, -0.2) is 4.79 Å². The van der Waals surface area contributed by atoms with Gasteiger partial charge in [-0.3, -0.25) is 0 Å². The minimum atomic E-state index is -1.00. The van der Waals surface area contributed by atoms with Gasteiger partial charge in [-0.05, 0) is 36.6 Å². The second-order valence-corrected chi connectivity index (χ2v) is 13.2. The van der Waals surface area contributed by atoms with Crippen molar-refractivity contribution in [2.24, 2.45) is 5.92 Å². The maximum absolute atomic E-state index is 13.0. The number of nitriles is 2. The summed E-state index contributed by atoms with van der Waals surface area (Å²) in [5.74, 6) is 1.68. The lowest BCUT2D eigenvalue weighted by molar-refractivity contribution is 0.148. The van der Waals surface area contributed by atoms with Crippen LogP contribution in [0, 0.1) is 41.7 Å². The van der Waals surface area contributed by atoms with Crippen LogP contribution in [-0.2, 0) is 0 Å². The zero-order chi connectivity index (χ0) is 30.2. The van der Waals surface area contributed by atoms with Gasteiger partial charge in [0.2, 0.25) is 0 Å². The molecule has 0 bridgehead atoms. The average Bonchev–Trinajstić information content (AvgIpc) is 3.63. The molecule has 4 rings (SSSR count). The molecule has 0 radical (unpaired) electrons. The second kappa shape index (κ2) is 14.4. The number of rotatable bonds is 9. The zero-order valence-electron chi connectivity index (χ0n) is 22.7. The SMILES string of the molecule is [C-]#[N+]C([N+]#[C-])=C1Sc2c(OCC(CC)CCC)c3c(c(OC(=O)Oc4ccc(OC)cc4)c2S1)SC(=C(C#N)C#N)S3. The average molecular weight is 635 g/mol. The molecule has 0 saturated heterocycles. The molecule has 0 aliphatic carbocycles. The van der Waals surface area contributed by atoms with Gasteiger partial charge in [-0.2, -0.15) is 20.2 Å². The predicted octanol–water partition coefficient (Wildman–Crippen LogP) is 9.10. The van der Waals surface area contributed by atoms with Gasteiger partial charge in [0, 0.05) is 0 Å². The Balaban J connectivity index is 1.83. The van der Waals surface area contributed by atoms with Gasteiger partial charge < -0.3 is 18.9 Å². The molecule has 212 valence electrons. The van der Waals surface area contributed by atoms with E-state index in [4.69, 9.17) is 32.1 Å². The van der Waals surface area contributed by atoms with Crippen molar-refractivity contribution in [3.63, 3.8) is 0 Å². The fourth-order valence-corrected chi connectivity index (χ4v) is 9.09. The van der Waals surface area contributed by atoms with Gasteiger partial charge in [0.25, 0.3) is 0 Å². The number of ether oxygens (including phenoxy) is 4. The summed E-state index contributed by atoms with van der Waals surface area (Å²) in [6.07, 6.45) is 1.90. The molecule has 42 heavy (non-hydrogen) atoms. The molecule has 13 heteroatoms. The molecule has 9 nitrogen and oxygen atoms in total. The van der Waals surface area contributed by atoms with Crippen LogP contribution in [0.15, 0.2) is 63.7 Å². The van der Waals surface area contributed by atoms with Crippen LogP contribution in [0.4, 0.5) is 4.79 Å². The maximum atomic E-state index is 13.0. The van der Waals surface area contributed by atoms with Crippen LogP contribution in [-0.4, -0.2) is 19.9 Å². The van der Waals surface area contributed by atoms with E-state index in [-0.39, 0.29) is 22.9 Å². The minimum Gasteiger partial charge on any atom is -0.497 e. The molecule has 0 aromatic heterocycles. The first-order valence-corrected chi connectivity index (χ1v) is 15.8. The Bertz CT molecular complexity index is 1530. The number of nitrogens with zero attached hydrogens (tertiary/aromatic N) is 4. The molecule has 2 aliphatic rings. The summed E-state index contributed by atoms with van der Waals surface area (Å²) in [5, 5.41) is 19.1. The van der Waals surface area contributed by atoms with E-state index in [1.165, 1.54) is 30.6 Å². The van der Waals surface area contributed by atoms with E-state index in [0.717, 1.165) is 42.8 Å². The molecule has 1 atom stereocenters. The van der Waals surface area contributed by atoms with E-state index >= 15 is 0 Å². The van der Waals surface area contributed by atoms with E-state index in [1.807, 2.05) is 12.1 Å². The zero-order valence-corrected chi connectivity index (χ0v) is 25.9. The molecule has 0 spiro atoms. The number of hydrogen-bond acceptors (Lipinski definition) is 11.